The zero-order chi connectivity index (χ0) is 12.8. The normalized spacial score (nSPS) is 11.0. The average Bonchev–Trinajstić information content (AvgIpc) is 2.28. The molecule has 2 nitrogen and oxygen atoms in total. The molecule has 0 saturated heterocycles. The van der Waals surface area contributed by atoms with Gasteiger partial charge in [0.2, 0.25) is 0 Å². The zero-order valence-corrected chi connectivity index (χ0v) is 11.4. The largest absolute Gasteiger partial charge is 0.399 e. The molecular weight excluding hydrogens is 230 g/mol. The average molecular weight is 249 g/mol. The Kier molecular flexibility index (Phi) is 5.29. The fourth-order valence-corrected chi connectivity index (χ4v) is 2.07. The van der Waals surface area contributed by atoms with Crippen LogP contribution in [0.4, 0.5) is 5.69 Å². The Morgan fingerprint density at radius 2 is 2.06 bits per heavy atom. The molecule has 0 amide bonds. The third-order valence-electron chi connectivity index (χ3n) is 2.76. The van der Waals surface area contributed by atoms with Gasteiger partial charge in [-0.2, -0.15) is 0 Å². The molecule has 0 fully saturated rings. The van der Waals surface area contributed by atoms with Crippen molar-refractivity contribution in [1.29, 1.82) is 0 Å². The van der Waals surface area contributed by atoms with Gasteiger partial charge in [0, 0.05) is 18.4 Å². The minimum absolute atomic E-state index is 0.179. The molecule has 0 bridgehead atoms. The molecule has 1 rings (SSSR count). The maximum absolute atomic E-state index is 10.7. The third kappa shape index (κ3) is 4.27. The number of thioether (sulfide) groups is 1. The molecule has 1 aromatic rings. The van der Waals surface area contributed by atoms with Crippen LogP contribution in [-0.2, 0) is 4.79 Å². The number of nitrogens with two attached hydrogens (primary N) is 1. The Morgan fingerprint density at radius 1 is 1.35 bits per heavy atom. The molecule has 0 aliphatic carbocycles. The summed E-state index contributed by atoms with van der Waals surface area (Å²) in [7, 11) is 0. The molecule has 3 heteroatoms. The summed E-state index contributed by atoms with van der Waals surface area (Å²) in [5.74, 6) is 0.846. The predicted molar refractivity (Wildman–Crippen MR) is 77.1 cm³/mol. The summed E-state index contributed by atoms with van der Waals surface area (Å²) in [6, 6.07) is 3.97. The summed E-state index contributed by atoms with van der Waals surface area (Å²) >= 11 is 1.37. The third-order valence-corrected chi connectivity index (χ3v) is 3.60. The predicted octanol–water partition coefficient (Wildman–Crippen LogP) is 3.57. The number of hydrogen-bond acceptors (Lipinski definition) is 3. The second kappa shape index (κ2) is 6.50. The summed E-state index contributed by atoms with van der Waals surface area (Å²) in [5, 5.41) is 0.179. The van der Waals surface area contributed by atoms with Crippen molar-refractivity contribution in [3.8, 4) is 0 Å². The summed E-state index contributed by atoms with van der Waals surface area (Å²) in [6.07, 6.45) is 5.11. The Balaban J connectivity index is 2.60. The SMILES string of the molecule is CC(=O)SCCC=Cc1ccc(N)c(C)c1C. The second-order valence-corrected chi connectivity index (χ2v) is 5.30. The first-order valence-electron chi connectivity index (χ1n) is 5.68. The molecule has 0 heterocycles. The fourth-order valence-electron chi connectivity index (χ4n) is 1.52. The van der Waals surface area contributed by atoms with E-state index in [1.807, 2.05) is 19.1 Å². The maximum atomic E-state index is 10.7. The van der Waals surface area contributed by atoms with Gasteiger partial charge in [-0.1, -0.05) is 30.0 Å². The van der Waals surface area contributed by atoms with Crippen molar-refractivity contribution in [2.45, 2.75) is 27.2 Å². The maximum Gasteiger partial charge on any atom is 0.185 e. The topological polar surface area (TPSA) is 43.1 Å². The first-order chi connectivity index (χ1) is 8.02. The van der Waals surface area contributed by atoms with Gasteiger partial charge in [0.1, 0.15) is 0 Å². The van der Waals surface area contributed by atoms with Crippen LogP contribution in [0.1, 0.15) is 30.0 Å². The molecule has 17 heavy (non-hydrogen) atoms. The van der Waals surface area contributed by atoms with Crippen molar-refractivity contribution in [3.63, 3.8) is 0 Å². The Labute approximate surface area is 107 Å². The van der Waals surface area contributed by atoms with Crippen molar-refractivity contribution in [3.05, 3.63) is 34.9 Å². The van der Waals surface area contributed by atoms with Crippen LogP contribution in [0.2, 0.25) is 0 Å². The number of anilines is 1. The number of carbonyl (C=O) groups excluding carboxylic acids is 1. The van der Waals surface area contributed by atoms with Gasteiger partial charge in [-0.25, -0.2) is 0 Å². The molecule has 0 spiro atoms. The summed E-state index contributed by atoms with van der Waals surface area (Å²) in [5.41, 5.74) is 10.2. The van der Waals surface area contributed by atoms with Gasteiger partial charge in [0.25, 0.3) is 0 Å². The summed E-state index contributed by atoms with van der Waals surface area (Å²) < 4.78 is 0. The molecule has 1 aromatic carbocycles. The molecular formula is C14H19NOS. The van der Waals surface area contributed by atoms with Crippen molar-refractivity contribution in [2.75, 3.05) is 11.5 Å². The Morgan fingerprint density at radius 3 is 2.71 bits per heavy atom. The lowest BCUT2D eigenvalue weighted by molar-refractivity contribution is -0.109. The smallest absolute Gasteiger partial charge is 0.185 e. The van der Waals surface area contributed by atoms with E-state index in [9.17, 15) is 4.79 Å². The van der Waals surface area contributed by atoms with E-state index in [0.717, 1.165) is 23.4 Å². The minimum atomic E-state index is 0.179. The van der Waals surface area contributed by atoms with Crippen LogP contribution in [0.15, 0.2) is 18.2 Å². The highest BCUT2D eigenvalue weighted by molar-refractivity contribution is 8.13. The highest BCUT2D eigenvalue weighted by Crippen LogP contribution is 2.20. The van der Waals surface area contributed by atoms with E-state index in [1.54, 1.807) is 6.92 Å². The van der Waals surface area contributed by atoms with Gasteiger partial charge in [-0.15, -0.1) is 0 Å². The standard InChI is InChI=1S/C14H19NOS/c1-10-11(2)14(15)8-7-13(10)6-4-5-9-17-12(3)16/h4,6-8H,5,9,15H2,1-3H3. The fraction of sp³-hybridized carbons (Fsp3) is 0.357. The quantitative estimate of drug-likeness (QED) is 0.655. The Bertz CT molecular complexity index is 438. The van der Waals surface area contributed by atoms with Crippen molar-refractivity contribution in [2.24, 2.45) is 0 Å². The molecule has 0 saturated carbocycles. The molecule has 0 aromatic heterocycles. The lowest BCUT2D eigenvalue weighted by Crippen LogP contribution is -1.94. The van der Waals surface area contributed by atoms with Crippen LogP contribution in [-0.4, -0.2) is 10.9 Å². The van der Waals surface area contributed by atoms with Gasteiger partial charge >= 0.3 is 0 Å². The van der Waals surface area contributed by atoms with E-state index < -0.39 is 0 Å². The molecule has 92 valence electrons. The van der Waals surface area contributed by atoms with Crippen molar-refractivity contribution < 1.29 is 4.79 Å². The van der Waals surface area contributed by atoms with Crippen LogP contribution < -0.4 is 5.73 Å². The van der Waals surface area contributed by atoms with E-state index in [4.69, 9.17) is 5.73 Å². The first-order valence-corrected chi connectivity index (χ1v) is 6.66. The highest BCUT2D eigenvalue weighted by Gasteiger charge is 2.01. The summed E-state index contributed by atoms with van der Waals surface area (Å²) in [4.78, 5) is 10.7. The van der Waals surface area contributed by atoms with Crippen molar-refractivity contribution >= 4 is 28.6 Å². The van der Waals surface area contributed by atoms with E-state index in [2.05, 4.69) is 19.1 Å². The molecule has 2 N–H and O–H groups in total. The van der Waals surface area contributed by atoms with E-state index >= 15 is 0 Å². The molecule has 0 unspecified atom stereocenters. The number of nitrogen functional groups attached to an aromatic ring is 1. The number of carbonyl (C=O) groups is 1. The molecule has 0 aliphatic heterocycles. The molecule has 0 atom stereocenters. The van der Waals surface area contributed by atoms with Crippen LogP contribution >= 0.6 is 11.8 Å². The lowest BCUT2D eigenvalue weighted by atomic mass is 10.0. The van der Waals surface area contributed by atoms with Crippen LogP contribution in [0.25, 0.3) is 6.08 Å². The monoisotopic (exact) mass is 249 g/mol. The van der Waals surface area contributed by atoms with E-state index in [-0.39, 0.29) is 5.12 Å². The van der Waals surface area contributed by atoms with Gasteiger partial charge < -0.3 is 5.73 Å². The number of benzene rings is 1. The van der Waals surface area contributed by atoms with Gasteiger partial charge in [0.15, 0.2) is 5.12 Å². The molecule has 0 aliphatic rings. The van der Waals surface area contributed by atoms with Gasteiger partial charge in [-0.3, -0.25) is 4.79 Å². The Hall–Kier alpha value is -1.22. The van der Waals surface area contributed by atoms with Crippen molar-refractivity contribution in [1.82, 2.24) is 0 Å². The van der Waals surface area contributed by atoms with Gasteiger partial charge in [0.05, 0.1) is 0 Å². The zero-order valence-electron chi connectivity index (χ0n) is 10.6. The number of hydrogen-bond donors (Lipinski definition) is 1. The van der Waals surface area contributed by atoms with E-state index in [1.165, 1.54) is 22.9 Å². The van der Waals surface area contributed by atoms with Crippen LogP contribution in [0.3, 0.4) is 0 Å². The molecule has 0 radical (unpaired) electrons. The van der Waals surface area contributed by atoms with Crippen LogP contribution in [0.5, 0.6) is 0 Å². The minimum Gasteiger partial charge on any atom is -0.399 e. The van der Waals surface area contributed by atoms with Crippen LogP contribution in [0, 0.1) is 13.8 Å². The van der Waals surface area contributed by atoms with Gasteiger partial charge in [-0.05, 0) is 43.0 Å². The number of allylic oxidation sites excluding steroid dienone is 1. The highest BCUT2D eigenvalue weighted by atomic mass is 32.2. The van der Waals surface area contributed by atoms with E-state index in [0.29, 0.717) is 0 Å². The number of rotatable bonds is 4. The first kappa shape index (κ1) is 13.8. The summed E-state index contributed by atoms with van der Waals surface area (Å²) in [6.45, 7) is 5.71. The second-order valence-electron chi connectivity index (χ2n) is 4.03. The lowest BCUT2D eigenvalue weighted by Gasteiger charge is -2.07.